The van der Waals surface area contributed by atoms with Crippen molar-refractivity contribution in [1.29, 1.82) is 0 Å². The van der Waals surface area contributed by atoms with E-state index in [1.54, 1.807) is 12.1 Å². The maximum Gasteiger partial charge on any atom is 0.287 e. The fourth-order valence-corrected chi connectivity index (χ4v) is 3.18. The molecule has 17 heavy (non-hydrogen) atoms. The molecule has 1 aromatic heterocycles. The molecular formula is C12H15BrClNO2. The first-order chi connectivity index (χ1) is 8.20. The molecule has 1 heterocycles. The highest BCUT2D eigenvalue weighted by molar-refractivity contribution is 9.09. The van der Waals surface area contributed by atoms with E-state index in [0.29, 0.717) is 5.92 Å². The smallest absolute Gasteiger partial charge is 0.287 e. The van der Waals surface area contributed by atoms with Crippen LogP contribution in [0.15, 0.2) is 16.5 Å². The van der Waals surface area contributed by atoms with Crippen molar-refractivity contribution < 1.29 is 9.21 Å². The summed E-state index contributed by atoms with van der Waals surface area (Å²) in [4.78, 5) is 11.9. The highest BCUT2D eigenvalue weighted by Gasteiger charge is 2.26. The Balaban J connectivity index is 1.97. The number of halogens is 2. The van der Waals surface area contributed by atoms with Gasteiger partial charge in [-0.1, -0.05) is 28.8 Å². The van der Waals surface area contributed by atoms with E-state index >= 15 is 0 Å². The highest BCUT2D eigenvalue weighted by atomic mass is 79.9. The van der Waals surface area contributed by atoms with Crippen molar-refractivity contribution in [2.45, 2.75) is 31.7 Å². The van der Waals surface area contributed by atoms with Gasteiger partial charge in [0.1, 0.15) is 0 Å². The molecule has 0 aliphatic heterocycles. The number of hydrogen-bond donors (Lipinski definition) is 1. The number of amides is 1. The third-order valence-corrected chi connectivity index (χ3v) is 4.26. The summed E-state index contributed by atoms with van der Waals surface area (Å²) >= 11 is 9.15. The van der Waals surface area contributed by atoms with E-state index in [0.717, 1.165) is 18.2 Å². The quantitative estimate of drug-likeness (QED) is 0.864. The SMILES string of the molecule is O=C(NC1CCCCC1CBr)c1ccc(Cl)o1. The highest BCUT2D eigenvalue weighted by Crippen LogP contribution is 2.26. The van der Waals surface area contributed by atoms with Crippen molar-refractivity contribution in [3.8, 4) is 0 Å². The van der Waals surface area contributed by atoms with Crippen LogP contribution in [0.4, 0.5) is 0 Å². The summed E-state index contributed by atoms with van der Waals surface area (Å²) < 4.78 is 5.10. The van der Waals surface area contributed by atoms with E-state index < -0.39 is 0 Å². The Morgan fingerprint density at radius 1 is 1.47 bits per heavy atom. The minimum atomic E-state index is -0.172. The Labute approximate surface area is 114 Å². The van der Waals surface area contributed by atoms with E-state index in [1.165, 1.54) is 12.8 Å². The second-order valence-corrected chi connectivity index (χ2v) is 5.40. The lowest BCUT2D eigenvalue weighted by Gasteiger charge is -2.30. The fourth-order valence-electron chi connectivity index (χ4n) is 2.26. The maximum atomic E-state index is 11.9. The zero-order valence-electron chi connectivity index (χ0n) is 9.42. The third kappa shape index (κ3) is 3.26. The topological polar surface area (TPSA) is 42.2 Å². The van der Waals surface area contributed by atoms with E-state index in [4.69, 9.17) is 16.0 Å². The van der Waals surface area contributed by atoms with Crippen LogP contribution in [-0.2, 0) is 0 Å². The van der Waals surface area contributed by atoms with Crippen molar-refractivity contribution in [3.05, 3.63) is 23.1 Å². The molecule has 2 rings (SSSR count). The molecule has 0 saturated heterocycles. The summed E-state index contributed by atoms with van der Waals surface area (Å²) in [6.07, 6.45) is 4.62. The predicted octanol–water partition coefficient (Wildman–Crippen LogP) is 3.62. The van der Waals surface area contributed by atoms with Crippen LogP contribution in [0.1, 0.15) is 36.2 Å². The third-order valence-electron chi connectivity index (χ3n) is 3.22. The number of alkyl halides is 1. The lowest BCUT2D eigenvalue weighted by Crippen LogP contribution is -2.42. The van der Waals surface area contributed by atoms with Gasteiger partial charge in [-0.3, -0.25) is 4.79 Å². The first-order valence-corrected chi connectivity index (χ1v) is 7.33. The molecule has 0 aromatic carbocycles. The monoisotopic (exact) mass is 319 g/mol. The van der Waals surface area contributed by atoms with Crippen LogP contribution in [0.25, 0.3) is 0 Å². The van der Waals surface area contributed by atoms with Crippen LogP contribution in [0, 0.1) is 5.92 Å². The first-order valence-electron chi connectivity index (χ1n) is 5.83. The molecule has 2 atom stereocenters. The number of furan rings is 1. The summed E-state index contributed by atoms with van der Waals surface area (Å²) in [6.45, 7) is 0. The first kappa shape index (κ1) is 13.0. The molecule has 0 bridgehead atoms. The van der Waals surface area contributed by atoms with Crippen LogP contribution < -0.4 is 5.32 Å². The molecule has 0 radical (unpaired) electrons. The summed E-state index contributed by atoms with van der Waals surface area (Å²) in [5.41, 5.74) is 0. The van der Waals surface area contributed by atoms with E-state index in [2.05, 4.69) is 21.2 Å². The normalized spacial score (nSPS) is 24.6. The van der Waals surface area contributed by atoms with Gasteiger partial charge in [-0.15, -0.1) is 0 Å². The molecule has 1 fully saturated rings. The Bertz CT molecular complexity index is 394. The lowest BCUT2D eigenvalue weighted by molar-refractivity contribution is 0.0883. The fraction of sp³-hybridized carbons (Fsp3) is 0.583. The summed E-state index contributed by atoms with van der Waals surface area (Å²) in [7, 11) is 0. The van der Waals surface area contributed by atoms with Gasteiger partial charge in [0, 0.05) is 11.4 Å². The lowest BCUT2D eigenvalue weighted by atomic mass is 9.86. The predicted molar refractivity (Wildman–Crippen MR) is 70.7 cm³/mol. The van der Waals surface area contributed by atoms with E-state index in [9.17, 15) is 4.79 Å². The minimum Gasteiger partial charge on any atom is -0.440 e. The summed E-state index contributed by atoms with van der Waals surface area (Å²) in [6, 6.07) is 3.42. The Kier molecular flexibility index (Phi) is 4.51. The number of carbonyl (C=O) groups excluding carboxylic acids is 1. The zero-order valence-corrected chi connectivity index (χ0v) is 11.8. The van der Waals surface area contributed by atoms with Gasteiger partial charge in [0.2, 0.25) is 0 Å². The zero-order chi connectivity index (χ0) is 12.3. The molecule has 1 saturated carbocycles. The second kappa shape index (κ2) is 5.91. The minimum absolute atomic E-state index is 0.172. The number of nitrogens with one attached hydrogen (secondary N) is 1. The number of carbonyl (C=O) groups is 1. The van der Waals surface area contributed by atoms with Gasteiger partial charge in [0.25, 0.3) is 5.91 Å². The standard InChI is InChI=1S/C12H15BrClNO2/c13-7-8-3-1-2-4-9(8)15-12(16)10-5-6-11(14)17-10/h5-6,8-9H,1-4,7H2,(H,15,16). The number of rotatable bonds is 3. The molecular weight excluding hydrogens is 305 g/mol. The Hall–Kier alpha value is -0.480. The largest absolute Gasteiger partial charge is 0.440 e. The van der Waals surface area contributed by atoms with E-state index in [1.807, 2.05) is 0 Å². The molecule has 3 nitrogen and oxygen atoms in total. The van der Waals surface area contributed by atoms with Gasteiger partial charge in [-0.05, 0) is 42.5 Å². The van der Waals surface area contributed by atoms with Crippen LogP contribution in [0.2, 0.25) is 5.22 Å². The van der Waals surface area contributed by atoms with Crippen LogP contribution in [-0.4, -0.2) is 17.3 Å². The molecule has 5 heteroatoms. The van der Waals surface area contributed by atoms with Crippen molar-refractivity contribution in [2.75, 3.05) is 5.33 Å². The average Bonchev–Trinajstić information content (AvgIpc) is 2.77. The molecule has 1 amide bonds. The molecule has 94 valence electrons. The van der Waals surface area contributed by atoms with Crippen molar-refractivity contribution in [2.24, 2.45) is 5.92 Å². The van der Waals surface area contributed by atoms with Gasteiger partial charge in [0.15, 0.2) is 11.0 Å². The second-order valence-electron chi connectivity index (χ2n) is 4.38. The molecule has 1 aromatic rings. The molecule has 0 spiro atoms. The Morgan fingerprint density at radius 2 is 2.24 bits per heavy atom. The van der Waals surface area contributed by atoms with Crippen LogP contribution in [0.5, 0.6) is 0 Å². The molecule has 1 N–H and O–H groups in total. The van der Waals surface area contributed by atoms with E-state index in [-0.39, 0.29) is 22.9 Å². The van der Waals surface area contributed by atoms with Crippen LogP contribution in [0.3, 0.4) is 0 Å². The number of hydrogen-bond acceptors (Lipinski definition) is 2. The molecule has 1 aliphatic rings. The van der Waals surface area contributed by atoms with Gasteiger partial charge in [-0.2, -0.15) is 0 Å². The van der Waals surface area contributed by atoms with Gasteiger partial charge >= 0.3 is 0 Å². The maximum absolute atomic E-state index is 11.9. The van der Waals surface area contributed by atoms with Gasteiger partial charge < -0.3 is 9.73 Å². The summed E-state index contributed by atoms with van der Waals surface area (Å²) in [5.74, 6) is 0.627. The van der Waals surface area contributed by atoms with Crippen molar-refractivity contribution in [3.63, 3.8) is 0 Å². The van der Waals surface area contributed by atoms with Gasteiger partial charge in [-0.25, -0.2) is 0 Å². The van der Waals surface area contributed by atoms with Crippen molar-refractivity contribution >= 4 is 33.4 Å². The van der Waals surface area contributed by atoms with Crippen molar-refractivity contribution in [1.82, 2.24) is 5.32 Å². The molecule has 1 aliphatic carbocycles. The Morgan fingerprint density at radius 3 is 2.88 bits per heavy atom. The molecule has 2 unspecified atom stereocenters. The van der Waals surface area contributed by atoms with Gasteiger partial charge in [0.05, 0.1) is 0 Å². The average molecular weight is 321 g/mol. The van der Waals surface area contributed by atoms with Crippen LogP contribution >= 0.6 is 27.5 Å². The summed E-state index contributed by atoms with van der Waals surface area (Å²) in [5, 5.41) is 4.20.